The molecule has 1 aliphatic rings. The molecule has 4 N–H and O–H groups in total. The number of nitrogens with two attached hydrogens (primary N) is 1. The lowest BCUT2D eigenvalue weighted by Gasteiger charge is -2.34. The number of nitrogens with one attached hydrogen (secondary N) is 1. The maximum Gasteiger partial charge on any atom is 0.254 e. The van der Waals surface area contributed by atoms with Crippen LogP contribution in [-0.2, 0) is 4.74 Å². The zero-order valence-corrected chi connectivity index (χ0v) is 10.0. The van der Waals surface area contributed by atoms with E-state index < -0.39 is 0 Å². The summed E-state index contributed by atoms with van der Waals surface area (Å²) in [6, 6.07) is 6.63. The van der Waals surface area contributed by atoms with Crippen LogP contribution >= 0.6 is 0 Å². The highest BCUT2D eigenvalue weighted by atomic mass is 16.5. The largest absolute Gasteiger partial charge is 0.394 e. The predicted octanol–water partition coefficient (Wildman–Crippen LogP) is -0.194. The summed E-state index contributed by atoms with van der Waals surface area (Å²) in [7, 11) is 0. The van der Waals surface area contributed by atoms with E-state index in [0.29, 0.717) is 25.3 Å². The minimum atomic E-state index is -0.265. The first-order valence-corrected chi connectivity index (χ1v) is 5.82. The van der Waals surface area contributed by atoms with Crippen LogP contribution in [0.5, 0.6) is 0 Å². The molecule has 1 heterocycles. The van der Waals surface area contributed by atoms with Gasteiger partial charge in [0, 0.05) is 17.8 Å². The number of hydrazine groups is 1. The Hall–Kier alpha value is -1.63. The first kappa shape index (κ1) is 12.8. The fourth-order valence-electron chi connectivity index (χ4n) is 1.95. The predicted molar refractivity (Wildman–Crippen MR) is 67.0 cm³/mol. The number of carbonyl (C=O) groups is 1. The molecule has 1 amide bonds. The lowest BCUT2D eigenvalue weighted by atomic mass is 10.1. The van der Waals surface area contributed by atoms with Gasteiger partial charge in [0.05, 0.1) is 25.9 Å². The number of aliphatic hydroxyl groups excluding tert-OH is 1. The van der Waals surface area contributed by atoms with E-state index in [9.17, 15) is 9.90 Å². The van der Waals surface area contributed by atoms with Gasteiger partial charge in [0.15, 0.2) is 0 Å². The van der Waals surface area contributed by atoms with Crippen molar-refractivity contribution in [3.8, 4) is 0 Å². The molecule has 0 radical (unpaired) electrons. The third-order valence-corrected chi connectivity index (χ3v) is 3.00. The first-order chi connectivity index (χ1) is 8.76. The molecular weight excluding hydrogens is 234 g/mol. The Labute approximate surface area is 105 Å². The van der Waals surface area contributed by atoms with E-state index in [4.69, 9.17) is 10.6 Å². The number of aliphatic hydroxyl groups is 1. The van der Waals surface area contributed by atoms with Crippen LogP contribution in [0.4, 0.5) is 5.69 Å². The van der Waals surface area contributed by atoms with Gasteiger partial charge in [-0.15, -0.1) is 0 Å². The summed E-state index contributed by atoms with van der Waals surface area (Å²) < 4.78 is 5.25. The van der Waals surface area contributed by atoms with Crippen molar-refractivity contribution in [3.05, 3.63) is 29.8 Å². The van der Waals surface area contributed by atoms with E-state index in [1.165, 1.54) is 0 Å². The second kappa shape index (κ2) is 5.81. The zero-order chi connectivity index (χ0) is 13.0. The lowest BCUT2D eigenvalue weighted by Crippen LogP contribution is -2.50. The average Bonchev–Trinajstić information content (AvgIpc) is 2.46. The number of carbonyl (C=O) groups excluding carboxylic acids is 1. The normalized spacial score (nSPS) is 19.7. The summed E-state index contributed by atoms with van der Waals surface area (Å²) >= 11 is 0. The van der Waals surface area contributed by atoms with Crippen LogP contribution < -0.4 is 11.3 Å². The van der Waals surface area contributed by atoms with Gasteiger partial charge in [-0.1, -0.05) is 0 Å². The SMILES string of the molecule is NNc1ccc(C(=O)N2CCOCC2CO)cc1. The molecule has 0 aliphatic carbocycles. The topological polar surface area (TPSA) is 87.8 Å². The van der Waals surface area contributed by atoms with Crippen molar-refractivity contribution in [2.24, 2.45) is 5.84 Å². The van der Waals surface area contributed by atoms with Gasteiger partial charge in [-0.2, -0.15) is 0 Å². The maximum absolute atomic E-state index is 12.3. The van der Waals surface area contributed by atoms with Crippen molar-refractivity contribution in [1.82, 2.24) is 4.90 Å². The standard InChI is InChI=1S/C12H17N3O3/c13-14-10-3-1-9(2-4-10)12(17)15-5-6-18-8-11(15)7-16/h1-4,11,14,16H,5-8,13H2. The summed E-state index contributed by atoms with van der Waals surface area (Å²) in [5.41, 5.74) is 3.83. The van der Waals surface area contributed by atoms with Crippen LogP contribution in [0, 0.1) is 0 Å². The van der Waals surface area contributed by atoms with Gasteiger partial charge in [-0.3, -0.25) is 10.6 Å². The average molecular weight is 251 g/mol. The Bertz CT molecular complexity index is 408. The van der Waals surface area contributed by atoms with Crippen molar-refractivity contribution in [1.29, 1.82) is 0 Å². The summed E-state index contributed by atoms with van der Waals surface area (Å²) in [6.07, 6.45) is 0. The van der Waals surface area contributed by atoms with Gasteiger partial charge in [0.25, 0.3) is 5.91 Å². The summed E-state index contributed by atoms with van der Waals surface area (Å²) in [4.78, 5) is 13.9. The van der Waals surface area contributed by atoms with Crippen molar-refractivity contribution >= 4 is 11.6 Å². The molecular formula is C12H17N3O3. The molecule has 18 heavy (non-hydrogen) atoms. The molecule has 1 fully saturated rings. The highest BCUT2D eigenvalue weighted by molar-refractivity contribution is 5.94. The van der Waals surface area contributed by atoms with E-state index in [0.717, 1.165) is 5.69 Å². The smallest absolute Gasteiger partial charge is 0.254 e. The van der Waals surface area contributed by atoms with Gasteiger partial charge < -0.3 is 20.2 Å². The number of amides is 1. The molecule has 1 aromatic rings. The van der Waals surface area contributed by atoms with Crippen molar-refractivity contribution < 1.29 is 14.6 Å². The third-order valence-electron chi connectivity index (χ3n) is 3.00. The van der Waals surface area contributed by atoms with Gasteiger partial charge in [0.1, 0.15) is 0 Å². The summed E-state index contributed by atoms with van der Waals surface area (Å²) in [5, 5.41) is 9.24. The molecule has 0 spiro atoms. The van der Waals surface area contributed by atoms with Crippen LogP contribution in [0.3, 0.4) is 0 Å². The molecule has 6 nitrogen and oxygen atoms in total. The van der Waals surface area contributed by atoms with Crippen molar-refractivity contribution in [2.45, 2.75) is 6.04 Å². The quantitative estimate of drug-likeness (QED) is 0.512. The maximum atomic E-state index is 12.3. The van der Waals surface area contributed by atoms with E-state index in [1.807, 2.05) is 0 Å². The number of hydrogen-bond donors (Lipinski definition) is 3. The molecule has 0 bridgehead atoms. The van der Waals surface area contributed by atoms with Crippen LogP contribution in [0.2, 0.25) is 0 Å². The van der Waals surface area contributed by atoms with Crippen LogP contribution in [0.1, 0.15) is 10.4 Å². The number of anilines is 1. The Kier molecular flexibility index (Phi) is 4.14. The second-order valence-corrected chi connectivity index (χ2v) is 4.13. The number of nitrogens with zero attached hydrogens (tertiary/aromatic N) is 1. The van der Waals surface area contributed by atoms with E-state index in [-0.39, 0.29) is 18.6 Å². The second-order valence-electron chi connectivity index (χ2n) is 4.13. The Morgan fingerprint density at radius 3 is 2.83 bits per heavy atom. The van der Waals surface area contributed by atoms with Gasteiger partial charge in [-0.25, -0.2) is 0 Å². The molecule has 2 rings (SSSR count). The van der Waals surface area contributed by atoms with E-state index in [2.05, 4.69) is 5.43 Å². The molecule has 6 heteroatoms. The number of benzene rings is 1. The minimum Gasteiger partial charge on any atom is -0.394 e. The highest BCUT2D eigenvalue weighted by Crippen LogP contribution is 2.14. The molecule has 1 saturated heterocycles. The van der Waals surface area contributed by atoms with Gasteiger partial charge >= 0.3 is 0 Å². The van der Waals surface area contributed by atoms with E-state index >= 15 is 0 Å². The number of nitrogen functional groups attached to an aromatic ring is 1. The Morgan fingerprint density at radius 1 is 1.50 bits per heavy atom. The molecule has 1 atom stereocenters. The highest BCUT2D eigenvalue weighted by Gasteiger charge is 2.27. The monoisotopic (exact) mass is 251 g/mol. The minimum absolute atomic E-state index is 0.0891. The third kappa shape index (κ3) is 2.61. The molecule has 1 aromatic carbocycles. The lowest BCUT2D eigenvalue weighted by molar-refractivity contribution is -0.0183. The van der Waals surface area contributed by atoms with Crippen molar-refractivity contribution in [3.63, 3.8) is 0 Å². The molecule has 1 unspecified atom stereocenters. The van der Waals surface area contributed by atoms with Gasteiger partial charge in [0.2, 0.25) is 0 Å². The fraction of sp³-hybridized carbons (Fsp3) is 0.417. The fourth-order valence-corrected chi connectivity index (χ4v) is 1.95. The van der Waals surface area contributed by atoms with Gasteiger partial charge in [-0.05, 0) is 24.3 Å². The molecule has 1 aliphatic heterocycles. The Balaban J connectivity index is 2.13. The number of morpholine rings is 1. The summed E-state index contributed by atoms with van der Waals surface area (Å²) in [5.74, 6) is 5.17. The van der Waals surface area contributed by atoms with Crippen LogP contribution in [-0.4, -0.2) is 48.3 Å². The first-order valence-electron chi connectivity index (χ1n) is 5.82. The zero-order valence-electron chi connectivity index (χ0n) is 10.0. The molecule has 0 saturated carbocycles. The molecule has 98 valence electrons. The number of rotatable bonds is 3. The van der Waals surface area contributed by atoms with Crippen LogP contribution in [0.15, 0.2) is 24.3 Å². The number of hydrogen-bond acceptors (Lipinski definition) is 5. The van der Waals surface area contributed by atoms with Crippen LogP contribution in [0.25, 0.3) is 0 Å². The van der Waals surface area contributed by atoms with Crippen molar-refractivity contribution in [2.75, 3.05) is 31.8 Å². The summed E-state index contributed by atoms with van der Waals surface area (Å²) in [6.45, 7) is 1.30. The van der Waals surface area contributed by atoms with E-state index in [1.54, 1.807) is 29.2 Å². The Morgan fingerprint density at radius 2 is 2.22 bits per heavy atom. The molecule has 0 aromatic heterocycles. The number of ether oxygens (including phenoxy) is 1.